The zero-order chi connectivity index (χ0) is 18.1. The predicted octanol–water partition coefficient (Wildman–Crippen LogP) is 3.02. The molecule has 0 saturated carbocycles. The van der Waals surface area contributed by atoms with Crippen molar-refractivity contribution in [2.75, 3.05) is 33.2 Å². The van der Waals surface area contributed by atoms with Crippen LogP contribution in [0.2, 0.25) is 0 Å². The van der Waals surface area contributed by atoms with Gasteiger partial charge >= 0.3 is 0 Å². The Balaban J connectivity index is 0.00000338. The van der Waals surface area contributed by atoms with E-state index >= 15 is 0 Å². The van der Waals surface area contributed by atoms with Crippen molar-refractivity contribution < 1.29 is 0 Å². The highest BCUT2D eigenvalue weighted by Gasteiger charge is 2.27. The fourth-order valence-corrected chi connectivity index (χ4v) is 3.39. The minimum absolute atomic E-state index is 0. The van der Waals surface area contributed by atoms with E-state index in [-0.39, 0.29) is 29.5 Å². The molecule has 0 bridgehead atoms. The Morgan fingerprint density at radius 3 is 2.54 bits per heavy atom. The number of likely N-dealkylation sites (tertiary alicyclic amines) is 1. The van der Waals surface area contributed by atoms with Crippen LogP contribution in [-0.4, -0.2) is 59.2 Å². The van der Waals surface area contributed by atoms with Crippen LogP contribution in [0.1, 0.15) is 51.8 Å². The molecule has 1 fully saturated rings. The minimum Gasteiger partial charge on any atom is -0.356 e. The molecular weight excluding hydrogens is 439 g/mol. The van der Waals surface area contributed by atoms with Crippen molar-refractivity contribution in [3.63, 3.8) is 0 Å². The summed E-state index contributed by atoms with van der Waals surface area (Å²) in [5.41, 5.74) is 0.164. The zero-order valence-electron chi connectivity index (χ0n) is 16.9. The van der Waals surface area contributed by atoms with Crippen molar-refractivity contribution >= 4 is 29.9 Å². The lowest BCUT2D eigenvalue weighted by atomic mass is 9.98. The lowest BCUT2D eigenvalue weighted by molar-refractivity contribution is 0.0982. The first-order valence-corrected chi connectivity index (χ1v) is 9.70. The molecule has 2 heterocycles. The maximum absolute atomic E-state index is 4.36. The summed E-state index contributed by atoms with van der Waals surface area (Å²) in [7, 11) is 1.85. The highest BCUT2D eigenvalue weighted by atomic mass is 127. The molecule has 1 saturated heterocycles. The highest BCUT2D eigenvalue weighted by Crippen LogP contribution is 2.19. The van der Waals surface area contributed by atoms with Crippen molar-refractivity contribution in [3.8, 4) is 0 Å². The molecule has 150 valence electrons. The summed E-state index contributed by atoms with van der Waals surface area (Å²) in [6.45, 7) is 12.0. The van der Waals surface area contributed by atoms with Crippen molar-refractivity contribution in [3.05, 3.63) is 18.2 Å². The lowest BCUT2D eigenvalue weighted by Gasteiger charge is -2.41. The van der Waals surface area contributed by atoms with Crippen molar-refractivity contribution in [2.45, 2.75) is 65.0 Å². The summed E-state index contributed by atoms with van der Waals surface area (Å²) in [6.07, 6.45) is 10.2. The van der Waals surface area contributed by atoms with Gasteiger partial charge in [-0.2, -0.15) is 0 Å². The van der Waals surface area contributed by atoms with Gasteiger partial charge in [0.25, 0.3) is 0 Å². The largest absolute Gasteiger partial charge is 0.356 e. The Bertz CT molecular complexity index is 534. The molecule has 1 aromatic heterocycles. The average molecular weight is 476 g/mol. The SMILES string of the molecule is CN=C(NCCCCn1ccnc1C)NCC(C)(C)N1CCCCC1.I. The Labute approximate surface area is 176 Å². The number of nitrogens with one attached hydrogen (secondary N) is 2. The van der Waals surface area contributed by atoms with Crippen LogP contribution in [0.5, 0.6) is 0 Å². The van der Waals surface area contributed by atoms with E-state index < -0.39 is 0 Å². The third-order valence-electron chi connectivity index (χ3n) is 5.17. The molecule has 0 radical (unpaired) electrons. The molecule has 1 aliphatic rings. The predicted molar refractivity (Wildman–Crippen MR) is 120 cm³/mol. The topological polar surface area (TPSA) is 57.5 Å². The zero-order valence-corrected chi connectivity index (χ0v) is 19.3. The lowest BCUT2D eigenvalue weighted by Crippen LogP contribution is -2.54. The molecule has 26 heavy (non-hydrogen) atoms. The van der Waals surface area contributed by atoms with Crippen LogP contribution in [-0.2, 0) is 6.54 Å². The maximum atomic E-state index is 4.36. The number of guanidine groups is 1. The molecule has 0 amide bonds. The fraction of sp³-hybridized carbons (Fsp3) is 0.789. The molecule has 0 unspecified atom stereocenters. The number of hydrogen-bond donors (Lipinski definition) is 2. The van der Waals surface area contributed by atoms with Gasteiger partial charge in [-0.3, -0.25) is 9.89 Å². The quantitative estimate of drug-likeness (QED) is 0.262. The summed E-state index contributed by atoms with van der Waals surface area (Å²) in [5, 5.41) is 6.94. The van der Waals surface area contributed by atoms with Crippen LogP contribution in [0.25, 0.3) is 0 Å². The van der Waals surface area contributed by atoms with Crippen LogP contribution in [0.4, 0.5) is 0 Å². The van der Waals surface area contributed by atoms with E-state index in [0.29, 0.717) is 0 Å². The van der Waals surface area contributed by atoms with Gasteiger partial charge in [-0.05, 0) is 59.5 Å². The van der Waals surface area contributed by atoms with E-state index in [9.17, 15) is 0 Å². The second-order valence-corrected chi connectivity index (χ2v) is 7.59. The molecule has 2 N–H and O–H groups in total. The number of rotatable bonds is 8. The average Bonchev–Trinajstić information content (AvgIpc) is 3.03. The van der Waals surface area contributed by atoms with Gasteiger partial charge in [-0.1, -0.05) is 6.42 Å². The summed E-state index contributed by atoms with van der Waals surface area (Å²) in [6, 6.07) is 0. The summed E-state index contributed by atoms with van der Waals surface area (Å²) in [5.74, 6) is 1.99. The molecule has 2 rings (SSSR count). The van der Waals surface area contributed by atoms with E-state index in [4.69, 9.17) is 0 Å². The van der Waals surface area contributed by atoms with Crippen molar-refractivity contribution in [1.82, 2.24) is 25.1 Å². The fourth-order valence-electron chi connectivity index (χ4n) is 3.39. The van der Waals surface area contributed by atoms with Crippen LogP contribution < -0.4 is 10.6 Å². The molecule has 0 aromatic carbocycles. The molecule has 0 atom stereocenters. The van der Waals surface area contributed by atoms with E-state index in [1.807, 2.05) is 26.4 Å². The molecule has 0 aliphatic carbocycles. The van der Waals surface area contributed by atoms with Crippen molar-refractivity contribution in [1.29, 1.82) is 0 Å². The van der Waals surface area contributed by atoms with Gasteiger partial charge in [0.1, 0.15) is 5.82 Å². The first-order chi connectivity index (χ1) is 12.0. The standard InChI is InChI=1S/C19H36N6.HI/c1-17-21-11-15-24(17)12-9-6-10-22-18(20-4)23-16-19(2,3)25-13-7-5-8-14-25;/h11,15H,5-10,12-14,16H2,1-4H3,(H2,20,22,23);1H. The number of aryl methyl sites for hydroxylation is 2. The normalized spacial score (nSPS) is 16.2. The van der Waals surface area contributed by atoms with Crippen LogP contribution in [0.15, 0.2) is 17.4 Å². The molecule has 0 spiro atoms. The Kier molecular flexibility index (Phi) is 10.5. The molecule has 7 heteroatoms. The van der Waals surface area contributed by atoms with Crippen LogP contribution in [0, 0.1) is 6.92 Å². The number of imidazole rings is 1. The molecular formula is C19H37IN6. The van der Waals surface area contributed by atoms with E-state index in [0.717, 1.165) is 44.3 Å². The van der Waals surface area contributed by atoms with Gasteiger partial charge < -0.3 is 15.2 Å². The second-order valence-electron chi connectivity index (χ2n) is 7.59. The number of aliphatic imine (C=N–C) groups is 1. The minimum atomic E-state index is 0. The van der Waals surface area contributed by atoms with E-state index in [1.165, 1.54) is 32.4 Å². The number of halogens is 1. The van der Waals surface area contributed by atoms with E-state index in [1.54, 1.807) is 0 Å². The van der Waals surface area contributed by atoms with E-state index in [2.05, 4.69) is 43.9 Å². The number of unbranched alkanes of at least 4 members (excludes halogenated alkanes) is 1. The summed E-state index contributed by atoms with van der Waals surface area (Å²) >= 11 is 0. The Hall–Kier alpha value is -0.830. The molecule has 1 aliphatic heterocycles. The monoisotopic (exact) mass is 476 g/mol. The first-order valence-electron chi connectivity index (χ1n) is 9.70. The van der Waals surface area contributed by atoms with Crippen LogP contribution >= 0.6 is 24.0 Å². The Morgan fingerprint density at radius 2 is 1.92 bits per heavy atom. The first kappa shape index (κ1) is 23.2. The van der Waals surface area contributed by atoms with Gasteiger partial charge in [0.15, 0.2) is 5.96 Å². The maximum Gasteiger partial charge on any atom is 0.191 e. The van der Waals surface area contributed by atoms with Crippen molar-refractivity contribution in [2.24, 2.45) is 4.99 Å². The highest BCUT2D eigenvalue weighted by molar-refractivity contribution is 14.0. The third kappa shape index (κ3) is 7.42. The number of hydrogen-bond acceptors (Lipinski definition) is 3. The molecule has 1 aromatic rings. The van der Waals surface area contributed by atoms with Gasteiger partial charge in [0.05, 0.1) is 0 Å². The third-order valence-corrected chi connectivity index (χ3v) is 5.17. The number of aromatic nitrogens is 2. The Morgan fingerprint density at radius 1 is 1.19 bits per heavy atom. The summed E-state index contributed by atoms with van der Waals surface area (Å²) in [4.78, 5) is 11.2. The smallest absolute Gasteiger partial charge is 0.191 e. The van der Waals surface area contributed by atoms with Gasteiger partial charge in [-0.25, -0.2) is 4.98 Å². The van der Waals surface area contributed by atoms with Crippen LogP contribution in [0.3, 0.4) is 0 Å². The second kappa shape index (κ2) is 11.8. The number of nitrogens with zero attached hydrogens (tertiary/aromatic N) is 4. The van der Waals surface area contributed by atoms with Gasteiger partial charge in [0.2, 0.25) is 0 Å². The number of piperidine rings is 1. The van der Waals surface area contributed by atoms with Gasteiger partial charge in [-0.15, -0.1) is 24.0 Å². The molecule has 6 nitrogen and oxygen atoms in total. The van der Waals surface area contributed by atoms with Gasteiger partial charge in [0, 0.05) is 44.6 Å². The summed E-state index contributed by atoms with van der Waals surface area (Å²) < 4.78 is 2.20.